The molecule has 2 N–H and O–H groups in total. The van der Waals surface area contributed by atoms with Crippen molar-refractivity contribution in [1.82, 2.24) is 29.3 Å². The van der Waals surface area contributed by atoms with Crippen molar-refractivity contribution in [3.8, 4) is 0 Å². The van der Waals surface area contributed by atoms with Gasteiger partial charge in [-0.05, 0) is 25.8 Å². The lowest BCUT2D eigenvalue weighted by atomic mass is 10.3. The molecule has 1 saturated carbocycles. The maximum atomic E-state index is 13.4. The molecular weight excluding hydrogens is 410 g/mol. The van der Waals surface area contributed by atoms with Gasteiger partial charge in [0.15, 0.2) is 0 Å². The second kappa shape index (κ2) is 7.93. The predicted molar refractivity (Wildman–Crippen MR) is 107 cm³/mol. The van der Waals surface area contributed by atoms with Gasteiger partial charge in [0.25, 0.3) is 12.3 Å². The Morgan fingerprint density at radius 3 is 2.42 bits per heavy atom. The number of hydrogen-bond acceptors (Lipinski definition) is 5. The quantitative estimate of drug-likeness (QED) is 0.595. The van der Waals surface area contributed by atoms with Crippen LogP contribution in [-0.4, -0.2) is 41.2 Å². The van der Waals surface area contributed by atoms with Crippen LogP contribution < -0.4 is 10.6 Å². The first-order valence-electron chi connectivity index (χ1n) is 9.72. The van der Waals surface area contributed by atoms with Gasteiger partial charge in [-0.1, -0.05) is 0 Å². The number of anilines is 2. The van der Waals surface area contributed by atoms with Crippen LogP contribution in [0.25, 0.3) is 0 Å². The summed E-state index contributed by atoms with van der Waals surface area (Å²) in [5, 5.41) is 17.6. The van der Waals surface area contributed by atoms with Crippen LogP contribution in [0.2, 0.25) is 0 Å². The van der Waals surface area contributed by atoms with Gasteiger partial charge in [0, 0.05) is 20.0 Å². The lowest BCUT2D eigenvalue weighted by Crippen LogP contribution is -2.24. The molecule has 0 saturated heterocycles. The third-order valence-corrected chi connectivity index (χ3v) is 5.25. The summed E-state index contributed by atoms with van der Waals surface area (Å²) in [5.41, 5.74) is 1.84. The first-order valence-corrected chi connectivity index (χ1v) is 9.72. The monoisotopic (exact) mass is 432 g/mol. The predicted octanol–water partition coefficient (Wildman–Crippen LogP) is 2.36. The molecule has 0 atom stereocenters. The molecule has 3 aromatic heterocycles. The maximum absolute atomic E-state index is 13.4. The van der Waals surface area contributed by atoms with E-state index in [1.807, 2.05) is 0 Å². The molecule has 10 nitrogen and oxygen atoms in total. The van der Waals surface area contributed by atoms with Crippen molar-refractivity contribution in [1.29, 1.82) is 0 Å². The minimum absolute atomic E-state index is 0.116. The Balaban J connectivity index is 1.49. The van der Waals surface area contributed by atoms with Crippen LogP contribution in [0.5, 0.6) is 0 Å². The van der Waals surface area contributed by atoms with E-state index in [9.17, 15) is 18.4 Å². The molecule has 0 unspecified atom stereocenters. The second-order valence-corrected chi connectivity index (χ2v) is 7.53. The van der Waals surface area contributed by atoms with Gasteiger partial charge in [0.05, 0.1) is 35.2 Å². The number of nitrogens with zero attached hydrogens (tertiary/aromatic N) is 6. The normalized spacial score (nSPS) is 13.6. The number of hydrogen-bond donors (Lipinski definition) is 2. The maximum Gasteiger partial charge on any atom is 0.280 e. The molecule has 1 aliphatic carbocycles. The lowest BCUT2D eigenvalue weighted by molar-refractivity contribution is -0.117. The SMILES string of the molecule is Cc1c(NC(=O)c2c(NC(=O)Cn3nc(C4CC4)cc3C(F)F)cnn2C)cnn1C. The van der Waals surface area contributed by atoms with Gasteiger partial charge in [-0.2, -0.15) is 15.3 Å². The van der Waals surface area contributed by atoms with Gasteiger partial charge >= 0.3 is 0 Å². The van der Waals surface area contributed by atoms with E-state index < -0.39 is 24.8 Å². The third kappa shape index (κ3) is 4.18. The van der Waals surface area contributed by atoms with E-state index in [1.165, 1.54) is 23.1 Å². The van der Waals surface area contributed by atoms with Gasteiger partial charge in [0.1, 0.15) is 17.9 Å². The third-order valence-electron chi connectivity index (χ3n) is 5.25. The number of aryl methyl sites for hydroxylation is 2. The van der Waals surface area contributed by atoms with Crippen molar-refractivity contribution in [2.24, 2.45) is 14.1 Å². The topological polar surface area (TPSA) is 112 Å². The van der Waals surface area contributed by atoms with E-state index in [4.69, 9.17) is 0 Å². The molecule has 0 radical (unpaired) electrons. The number of nitrogens with one attached hydrogen (secondary N) is 2. The molecule has 12 heteroatoms. The molecule has 3 heterocycles. The zero-order chi connectivity index (χ0) is 22.3. The van der Waals surface area contributed by atoms with Gasteiger partial charge in [0.2, 0.25) is 5.91 Å². The van der Waals surface area contributed by atoms with Gasteiger partial charge in [-0.15, -0.1) is 0 Å². The Morgan fingerprint density at radius 1 is 1.13 bits per heavy atom. The van der Waals surface area contributed by atoms with Crippen LogP contribution >= 0.6 is 0 Å². The second-order valence-electron chi connectivity index (χ2n) is 7.53. The smallest absolute Gasteiger partial charge is 0.280 e. The molecule has 164 valence electrons. The van der Waals surface area contributed by atoms with Crippen LogP contribution in [0.3, 0.4) is 0 Å². The Labute approximate surface area is 176 Å². The molecule has 0 aliphatic heterocycles. The molecule has 1 aliphatic rings. The number of alkyl halides is 2. The van der Waals surface area contributed by atoms with Crippen LogP contribution in [0, 0.1) is 6.92 Å². The molecule has 0 spiro atoms. The van der Waals surface area contributed by atoms with Crippen molar-refractivity contribution in [2.75, 3.05) is 10.6 Å². The summed E-state index contributed by atoms with van der Waals surface area (Å²) >= 11 is 0. The molecule has 31 heavy (non-hydrogen) atoms. The Kier molecular flexibility index (Phi) is 5.29. The van der Waals surface area contributed by atoms with Gasteiger partial charge in [-0.25, -0.2) is 8.78 Å². The minimum atomic E-state index is -2.74. The molecule has 0 aromatic carbocycles. The van der Waals surface area contributed by atoms with E-state index in [2.05, 4.69) is 25.9 Å². The molecule has 4 rings (SSSR count). The summed E-state index contributed by atoms with van der Waals surface area (Å²) in [6.45, 7) is 1.40. The fraction of sp³-hybridized carbons (Fsp3) is 0.421. The van der Waals surface area contributed by atoms with Crippen molar-refractivity contribution in [3.05, 3.63) is 41.2 Å². The van der Waals surface area contributed by atoms with Crippen LogP contribution in [0.15, 0.2) is 18.5 Å². The summed E-state index contributed by atoms with van der Waals surface area (Å²) in [5.74, 6) is -0.895. The number of rotatable bonds is 7. The minimum Gasteiger partial charge on any atom is -0.321 e. The highest BCUT2D eigenvalue weighted by molar-refractivity contribution is 6.09. The van der Waals surface area contributed by atoms with E-state index in [0.29, 0.717) is 11.4 Å². The van der Waals surface area contributed by atoms with Crippen LogP contribution in [0.4, 0.5) is 20.2 Å². The number of halogens is 2. The largest absolute Gasteiger partial charge is 0.321 e. The lowest BCUT2D eigenvalue weighted by Gasteiger charge is -2.10. The van der Waals surface area contributed by atoms with Crippen LogP contribution in [-0.2, 0) is 25.4 Å². The summed E-state index contributed by atoms with van der Waals surface area (Å²) in [6, 6.07) is 1.36. The van der Waals surface area contributed by atoms with Crippen molar-refractivity contribution in [3.63, 3.8) is 0 Å². The Hall–Kier alpha value is -3.57. The van der Waals surface area contributed by atoms with Gasteiger partial charge < -0.3 is 10.6 Å². The summed E-state index contributed by atoms with van der Waals surface area (Å²) < 4.78 is 30.7. The zero-order valence-electron chi connectivity index (χ0n) is 17.3. The first kappa shape index (κ1) is 20.7. The molecule has 1 fully saturated rings. The van der Waals surface area contributed by atoms with E-state index in [0.717, 1.165) is 23.2 Å². The van der Waals surface area contributed by atoms with E-state index >= 15 is 0 Å². The highest BCUT2D eigenvalue weighted by atomic mass is 19.3. The number of amides is 2. The number of carbonyl (C=O) groups is 2. The summed E-state index contributed by atoms with van der Waals surface area (Å²) in [6.07, 6.45) is 1.93. The average molecular weight is 432 g/mol. The van der Waals surface area contributed by atoms with Crippen molar-refractivity contribution in [2.45, 2.75) is 38.7 Å². The highest BCUT2D eigenvalue weighted by Crippen LogP contribution is 2.40. The molecular formula is C19H22F2N8O2. The fourth-order valence-corrected chi connectivity index (χ4v) is 3.26. The molecule has 2 amide bonds. The first-order chi connectivity index (χ1) is 14.7. The van der Waals surface area contributed by atoms with Gasteiger partial charge in [-0.3, -0.25) is 23.6 Å². The number of carbonyl (C=O) groups excluding carboxylic acids is 2. The summed E-state index contributed by atoms with van der Waals surface area (Å²) in [7, 11) is 3.31. The van der Waals surface area contributed by atoms with Crippen molar-refractivity contribution < 1.29 is 18.4 Å². The number of aromatic nitrogens is 6. The van der Waals surface area contributed by atoms with E-state index in [1.54, 1.807) is 25.7 Å². The average Bonchev–Trinajstić information content (AvgIpc) is 3.28. The standard InChI is InChI=1S/C19H22F2N8O2/c1-10-13(7-22-27(10)2)25-19(31)17-14(8-23-28(17)3)24-16(30)9-29-15(18(20)21)6-12(26-29)11-4-5-11/h6-8,11,18H,4-5,9H2,1-3H3,(H,24,30)(H,25,31). The Bertz CT molecular complexity index is 1140. The van der Waals surface area contributed by atoms with E-state index in [-0.39, 0.29) is 23.0 Å². The Morgan fingerprint density at radius 2 is 1.81 bits per heavy atom. The van der Waals surface area contributed by atoms with Crippen LogP contribution in [0.1, 0.15) is 52.8 Å². The van der Waals surface area contributed by atoms with Crippen molar-refractivity contribution >= 4 is 23.2 Å². The molecule has 0 bridgehead atoms. The highest BCUT2D eigenvalue weighted by Gasteiger charge is 2.29. The molecule has 3 aromatic rings. The fourth-order valence-electron chi connectivity index (χ4n) is 3.26. The summed E-state index contributed by atoms with van der Waals surface area (Å²) in [4.78, 5) is 25.3. The zero-order valence-corrected chi connectivity index (χ0v) is 17.3.